The Kier molecular flexibility index (Phi) is 6.73. The van der Waals surface area contributed by atoms with E-state index < -0.39 is 35.3 Å². The highest BCUT2D eigenvalue weighted by atomic mass is 19.1. The molecule has 8 nitrogen and oxygen atoms in total. The normalized spacial score (nSPS) is 16.7. The number of hydrogen-bond donors (Lipinski definition) is 1. The van der Waals surface area contributed by atoms with Crippen molar-refractivity contribution in [1.29, 1.82) is 0 Å². The maximum Gasteiger partial charge on any atom is 0.308 e. The number of anilines is 1. The van der Waals surface area contributed by atoms with Gasteiger partial charge in [-0.05, 0) is 48.0 Å². The number of carbonyl (C=O) groups excluding carboxylic acids is 3. The number of methoxy groups -OCH3 is 2. The number of benzene rings is 3. The van der Waals surface area contributed by atoms with Gasteiger partial charge in [0.15, 0.2) is 0 Å². The molecule has 1 heterocycles. The maximum absolute atomic E-state index is 14.1. The van der Waals surface area contributed by atoms with Gasteiger partial charge >= 0.3 is 5.97 Å². The third kappa shape index (κ3) is 4.50. The molecular weight excluding hydrogens is 469 g/mol. The van der Waals surface area contributed by atoms with Crippen molar-refractivity contribution in [2.24, 2.45) is 0 Å². The van der Waals surface area contributed by atoms with E-state index in [0.29, 0.717) is 17.0 Å². The van der Waals surface area contributed by atoms with Crippen molar-refractivity contribution in [2.45, 2.75) is 13.0 Å². The monoisotopic (exact) mass is 491 g/mol. The second kappa shape index (κ2) is 9.91. The van der Waals surface area contributed by atoms with E-state index in [4.69, 9.17) is 14.2 Å². The van der Waals surface area contributed by atoms with Gasteiger partial charge in [0.05, 0.1) is 31.4 Å². The molecule has 1 atom stereocenters. The van der Waals surface area contributed by atoms with Crippen LogP contribution >= 0.6 is 0 Å². The van der Waals surface area contributed by atoms with Crippen LogP contribution in [0.4, 0.5) is 10.1 Å². The number of carbonyl (C=O) groups is 3. The Morgan fingerprint density at radius 1 is 0.944 bits per heavy atom. The first-order chi connectivity index (χ1) is 17.2. The fourth-order valence-electron chi connectivity index (χ4n) is 4.07. The highest BCUT2D eigenvalue weighted by molar-refractivity contribution is 6.51. The minimum atomic E-state index is -1.09. The average molecular weight is 491 g/mol. The largest absolute Gasteiger partial charge is 0.507 e. The number of ketones is 1. The lowest BCUT2D eigenvalue weighted by molar-refractivity contribution is -0.132. The Morgan fingerprint density at radius 3 is 2.31 bits per heavy atom. The quantitative estimate of drug-likeness (QED) is 0.179. The van der Waals surface area contributed by atoms with Gasteiger partial charge in [-0.25, -0.2) is 4.39 Å². The van der Waals surface area contributed by atoms with Crippen LogP contribution < -0.4 is 19.1 Å². The lowest BCUT2D eigenvalue weighted by Crippen LogP contribution is -2.29. The molecule has 0 bridgehead atoms. The number of esters is 1. The highest BCUT2D eigenvalue weighted by Crippen LogP contribution is 2.44. The standard InChI is InChI=1S/C27H22FNO7/c1-15(30)36-19-10-7-16(8-11-19)24-23(25(31)21-13-17(28)9-12-22(21)35-3)26(32)27(33)29(24)18-5-4-6-20(14-18)34-2/h4-14,24,31H,1-3H3/b25-23+. The van der Waals surface area contributed by atoms with Crippen molar-refractivity contribution in [3.8, 4) is 17.2 Å². The number of amides is 1. The van der Waals surface area contributed by atoms with Gasteiger partial charge in [-0.3, -0.25) is 19.3 Å². The van der Waals surface area contributed by atoms with Gasteiger partial charge in [0.2, 0.25) is 0 Å². The second-order valence-electron chi connectivity index (χ2n) is 7.88. The van der Waals surface area contributed by atoms with Crippen LogP contribution in [-0.2, 0) is 14.4 Å². The summed E-state index contributed by atoms with van der Waals surface area (Å²) in [7, 11) is 2.80. The van der Waals surface area contributed by atoms with Crippen molar-refractivity contribution in [2.75, 3.05) is 19.1 Å². The lowest BCUT2D eigenvalue weighted by Gasteiger charge is -2.26. The van der Waals surface area contributed by atoms with E-state index in [1.165, 1.54) is 44.2 Å². The van der Waals surface area contributed by atoms with Crippen molar-refractivity contribution in [3.63, 3.8) is 0 Å². The summed E-state index contributed by atoms with van der Waals surface area (Å²) < 4.78 is 29.7. The summed E-state index contributed by atoms with van der Waals surface area (Å²) in [6.45, 7) is 1.26. The third-order valence-electron chi connectivity index (χ3n) is 5.65. The molecule has 0 aromatic heterocycles. The molecule has 1 N–H and O–H groups in total. The molecule has 1 aliphatic heterocycles. The molecule has 0 saturated carbocycles. The van der Waals surface area contributed by atoms with Crippen molar-refractivity contribution in [3.05, 3.63) is 89.2 Å². The zero-order valence-corrected chi connectivity index (χ0v) is 19.7. The molecule has 1 aliphatic rings. The first kappa shape index (κ1) is 24.5. The molecule has 3 aromatic carbocycles. The zero-order valence-electron chi connectivity index (χ0n) is 19.7. The maximum atomic E-state index is 14.1. The number of ether oxygens (including phenoxy) is 3. The van der Waals surface area contributed by atoms with Gasteiger partial charge in [-0.1, -0.05) is 18.2 Å². The molecular formula is C27H22FNO7. The summed E-state index contributed by atoms with van der Waals surface area (Å²) in [5.74, 6) is -2.80. The van der Waals surface area contributed by atoms with E-state index >= 15 is 0 Å². The Balaban J connectivity index is 1.95. The van der Waals surface area contributed by atoms with Gasteiger partial charge < -0.3 is 19.3 Å². The summed E-state index contributed by atoms with van der Waals surface area (Å²) in [5, 5.41) is 11.3. The molecule has 0 aliphatic carbocycles. The molecule has 1 fully saturated rings. The van der Waals surface area contributed by atoms with E-state index in [1.807, 2.05) is 0 Å². The van der Waals surface area contributed by atoms with Crippen LogP contribution in [0, 0.1) is 5.82 Å². The number of rotatable bonds is 6. The predicted octanol–water partition coefficient (Wildman–Crippen LogP) is 4.39. The number of nitrogens with zero attached hydrogens (tertiary/aromatic N) is 1. The molecule has 1 unspecified atom stereocenters. The van der Waals surface area contributed by atoms with Crippen LogP contribution in [0.25, 0.3) is 5.76 Å². The molecule has 36 heavy (non-hydrogen) atoms. The van der Waals surface area contributed by atoms with Crippen LogP contribution in [-0.4, -0.2) is 37.0 Å². The zero-order chi connectivity index (χ0) is 26.0. The van der Waals surface area contributed by atoms with Crippen molar-refractivity contribution in [1.82, 2.24) is 0 Å². The number of hydrogen-bond acceptors (Lipinski definition) is 7. The first-order valence-electron chi connectivity index (χ1n) is 10.8. The number of halogens is 1. The minimum Gasteiger partial charge on any atom is -0.507 e. The number of Topliss-reactive ketones (excluding diaryl/α,β-unsaturated/α-hetero) is 1. The summed E-state index contributed by atoms with van der Waals surface area (Å²) in [5.41, 5.74) is 0.440. The number of aliphatic hydroxyl groups is 1. The molecule has 3 aromatic rings. The molecule has 0 spiro atoms. The molecule has 9 heteroatoms. The fraction of sp³-hybridized carbons (Fsp3) is 0.148. The second-order valence-corrected chi connectivity index (χ2v) is 7.88. The fourth-order valence-corrected chi connectivity index (χ4v) is 4.07. The Bertz CT molecular complexity index is 1380. The molecule has 1 amide bonds. The lowest BCUT2D eigenvalue weighted by atomic mass is 9.94. The molecule has 1 saturated heterocycles. The molecule has 0 radical (unpaired) electrons. The topological polar surface area (TPSA) is 102 Å². The Hall–Kier alpha value is -4.66. The van der Waals surface area contributed by atoms with Crippen LogP contribution in [0.3, 0.4) is 0 Å². The van der Waals surface area contributed by atoms with E-state index in [1.54, 1.807) is 36.4 Å². The predicted molar refractivity (Wildman–Crippen MR) is 128 cm³/mol. The minimum absolute atomic E-state index is 0.0809. The van der Waals surface area contributed by atoms with E-state index in [0.717, 1.165) is 12.1 Å². The van der Waals surface area contributed by atoms with Crippen LogP contribution in [0.2, 0.25) is 0 Å². The summed E-state index contributed by atoms with van der Waals surface area (Å²) in [6, 6.07) is 15.1. The van der Waals surface area contributed by atoms with Gasteiger partial charge in [0.25, 0.3) is 11.7 Å². The smallest absolute Gasteiger partial charge is 0.308 e. The van der Waals surface area contributed by atoms with Crippen LogP contribution in [0.1, 0.15) is 24.1 Å². The van der Waals surface area contributed by atoms with E-state index in [9.17, 15) is 23.9 Å². The van der Waals surface area contributed by atoms with Crippen LogP contribution in [0.15, 0.2) is 72.3 Å². The summed E-state index contributed by atoms with van der Waals surface area (Å²) >= 11 is 0. The molecule has 184 valence electrons. The highest BCUT2D eigenvalue weighted by Gasteiger charge is 2.47. The summed E-state index contributed by atoms with van der Waals surface area (Å²) in [4.78, 5) is 39.1. The van der Waals surface area contributed by atoms with Gasteiger partial charge in [-0.2, -0.15) is 0 Å². The first-order valence-corrected chi connectivity index (χ1v) is 10.8. The van der Waals surface area contributed by atoms with Crippen molar-refractivity contribution < 1.29 is 38.1 Å². The van der Waals surface area contributed by atoms with E-state index in [-0.39, 0.29) is 22.6 Å². The Labute approximate surface area is 206 Å². The molecule has 4 rings (SSSR count). The number of aliphatic hydroxyl groups excluding tert-OH is 1. The Morgan fingerprint density at radius 2 is 1.67 bits per heavy atom. The summed E-state index contributed by atoms with van der Waals surface area (Å²) in [6.07, 6.45) is 0. The van der Waals surface area contributed by atoms with Gasteiger partial charge in [-0.15, -0.1) is 0 Å². The average Bonchev–Trinajstić information content (AvgIpc) is 3.14. The van der Waals surface area contributed by atoms with Crippen LogP contribution in [0.5, 0.6) is 17.2 Å². The SMILES string of the molecule is COc1cccc(N2C(=O)C(=O)/C(=C(/O)c3cc(F)ccc3OC)C2c2ccc(OC(C)=O)cc2)c1. The third-order valence-corrected chi connectivity index (χ3v) is 5.65. The van der Waals surface area contributed by atoms with Crippen molar-refractivity contribution >= 4 is 29.1 Å². The van der Waals surface area contributed by atoms with Gasteiger partial charge in [0.1, 0.15) is 28.8 Å². The van der Waals surface area contributed by atoms with E-state index in [2.05, 4.69) is 0 Å². The van der Waals surface area contributed by atoms with Gasteiger partial charge in [0, 0.05) is 18.7 Å².